The van der Waals surface area contributed by atoms with E-state index in [-0.39, 0.29) is 6.03 Å². The summed E-state index contributed by atoms with van der Waals surface area (Å²) < 4.78 is 5.93. The summed E-state index contributed by atoms with van der Waals surface area (Å²) in [5, 5.41) is 12.1. The quantitative estimate of drug-likeness (QED) is 0.624. The van der Waals surface area contributed by atoms with Gasteiger partial charge in [-0.1, -0.05) is 24.3 Å². The van der Waals surface area contributed by atoms with Crippen molar-refractivity contribution in [1.82, 2.24) is 14.2 Å². The van der Waals surface area contributed by atoms with Gasteiger partial charge in [-0.15, -0.1) is 0 Å². The average molecular weight is 466 g/mol. The molecule has 3 aromatic rings. The van der Waals surface area contributed by atoms with E-state index in [2.05, 4.69) is 40.1 Å². The summed E-state index contributed by atoms with van der Waals surface area (Å²) in [7, 11) is 3.55. The molecule has 0 aliphatic carbocycles. The molecule has 2 amide bonds. The second-order valence-electron chi connectivity index (χ2n) is 9.10. The first-order chi connectivity index (χ1) is 16.0. The number of nitrogens with zero attached hydrogens (tertiary/aromatic N) is 5. The fraction of sp³-hybridized carbons (Fsp3) is 0.440. The lowest BCUT2D eigenvalue weighted by atomic mass is 10.0. The Balaban J connectivity index is 1.15. The normalized spacial score (nSPS) is 17.4. The molecule has 0 spiro atoms. The molecule has 2 aromatic carbocycles. The molecule has 2 aliphatic rings. The first-order valence-electron chi connectivity index (χ1n) is 11.6. The summed E-state index contributed by atoms with van der Waals surface area (Å²) in [6.45, 7) is 5.44. The van der Waals surface area contributed by atoms with Crippen molar-refractivity contribution >= 4 is 39.2 Å². The molecule has 1 saturated heterocycles. The topological polar surface area (TPSA) is 63.2 Å². The molecular weight excluding hydrogens is 434 g/mol. The van der Waals surface area contributed by atoms with Gasteiger partial charge in [0.15, 0.2) is 0 Å². The van der Waals surface area contributed by atoms with Gasteiger partial charge in [-0.25, -0.2) is 4.79 Å². The molecule has 1 unspecified atom stereocenters. The van der Waals surface area contributed by atoms with Crippen LogP contribution in [-0.2, 0) is 6.42 Å². The van der Waals surface area contributed by atoms with Gasteiger partial charge >= 0.3 is 6.03 Å². The Bertz CT molecular complexity index is 1140. The first-order valence-corrected chi connectivity index (χ1v) is 12.4. The van der Waals surface area contributed by atoms with Crippen molar-refractivity contribution in [2.24, 2.45) is 0 Å². The maximum atomic E-state index is 12.4. The minimum absolute atomic E-state index is 0.00633. The molecule has 0 bridgehead atoms. The van der Waals surface area contributed by atoms with Gasteiger partial charge in [-0.3, -0.25) is 9.80 Å². The van der Waals surface area contributed by atoms with Crippen molar-refractivity contribution in [1.29, 1.82) is 0 Å². The number of carbonyl (C=O) groups is 1. The van der Waals surface area contributed by atoms with E-state index in [0.29, 0.717) is 13.0 Å². The van der Waals surface area contributed by atoms with Crippen LogP contribution in [-0.4, -0.2) is 78.7 Å². The van der Waals surface area contributed by atoms with Gasteiger partial charge in [-0.2, -0.15) is 4.37 Å². The molecule has 0 radical (unpaired) electrons. The second kappa shape index (κ2) is 9.29. The highest BCUT2D eigenvalue weighted by Gasteiger charge is 2.27. The molecule has 3 heterocycles. The number of hydrogen-bond donors (Lipinski definition) is 1. The summed E-state index contributed by atoms with van der Waals surface area (Å²) in [5.74, 6) is 1.11. The number of benzene rings is 2. The zero-order chi connectivity index (χ0) is 22.9. The van der Waals surface area contributed by atoms with Crippen LogP contribution in [0.2, 0.25) is 0 Å². The van der Waals surface area contributed by atoms with Crippen molar-refractivity contribution in [2.75, 3.05) is 63.2 Å². The van der Waals surface area contributed by atoms with Crippen molar-refractivity contribution < 1.29 is 9.90 Å². The van der Waals surface area contributed by atoms with Crippen LogP contribution in [0.4, 0.5) is 16.3 Å². The Morgan fingerprint density at radius 1 is 1.12 bits per heavy atom. The summed E-state index contributed by atoms with van der Waals surface area (Å²) in [4.78, 5) is 20.6. The zero-order valence-electron chi connectivity index (χ0n) is 19.3. The molecule has 2 aliphatic heterocycles. The molecule has 0 saturated carbocycles. The largest absolute Gasteiger partial charge is 0.388 e. The number of aliphatic hydroxyl groups is 1. The molecule has 5 rings (SSSR count). The van der Waals surface area contributed by atoms with Gasteiger partial charge in [0.25, 0.3) is 0 Å². The SMILES string of the molecule is CN(C)C(=O)N1CCc2cc(C(O)CCN3CCN(c4nsc5ccccc45)CC3)ccc21. The van der Waals surface area contributed by atoms with E-state index in [1.54, 1.807) is 30.5 Å². The van der Waals surface area contributed by atoms with Crippen molar-refractivity contribution in [3.63, 3.8) is 0 Å². The third-order valence-corrected chi connectivity index (χ3v) is 7.56. The molecular formula is C25H31N5O2S. The standard InChI is InChI=1S/C25H31N5O2S/c1-27(2)25(32)30-12-9-18-17-19(7-8-21(18)30)22(31)10-11-28-13-15-29(16-14-28)24-20-5-3-4-6-23(20)33-26-24/h3-8,17,22,31H,9-16H2,1-2H3. The number of amides is 2. The summed E-state index contributed by atoms with van der Waals surface area (Å²) in [6, 6.07) is 14.5. The van der Waals surface area contributed by atoms with E-state index in [0.717, 1.165) is 61.8 Å². The second-order valence-corrected chi connectivity index (χ2v) is 9.91. The highest BCUT2D eigenvalue weighted by atomic mass is 32.1. The Labute approximate surface area is 199 Å². The molecule has 33 heavy (non-hydrogen) atoms. The Morgan fingerprint density at radius 3 is 2.70 bits per heavy atom. The number of carbonyl (C=O) groups excluding carboxylic acids is 1. The Hall–Kier alpha value is -2.68. The maximum Gasteiger partial charge on any atom is 0.323 e. The number of hydrogen-bond acceptors (Lipinski definition) is 6. The van der Waals surface area contributed by atoms with E-state index >= 15 is 0 Å². The third kappa shape index (κ3) is 4.43. The lowest BCUT2D eigenvalue weighted by molar-refractivity contribution is 0.139. The smallest absolute Gasteiger partial charge is 0.323 e. The number of rotatable bonds is 5. The van der Waals surface area contributed by atoms with Crippen molar-refractivity contribution in [3.05, 3.63) is 53.6 Å². The minimum Gasteiger partial charge on any atom is -0.388 e. The Morgan fingerprint density at radius 2 is 1.91 bits per heavy atom. The van der Waals surface area contributed by atoms with Crippen LogP contribution < -0.4 is 9.80 Å². The van der Waals surface area contributed by atoms with E-state index in [1.165, 1.54) is 10.1 Å². The molecule has 1 atom stereocenters. The molecule has 174 valence electrons. The third-order valence-electron chi connectivity index (χ3n) is 6.75. The maximum absolute atomic E-state index is 12.4. The van der Waals surface area contributed by atoms with E-state index in [1.807, 2.05) is 17.0 Å². The highest BCUT2D eigenvalue weighted by Crippen LogP contribution is 2.32. The summed E-state index contributed by atoms with van der Waals surface area (Å²) in [6.07, 6.45) is 1.05. The minimum atomic E-state index is -0.491. The van der Waals surface area contributed by atoms with Crippen LogP contribution in [0.25, 0.3) is 10.1 Å². The number of fused-ring (bicyclic) bond motifs is 2. The molecule has 1 N–H and O–H groups in total. The highest BCUT2D eigenvalue weighted by molar-refractivity contribution is 7.13. The van der Waals surface area contributed by atoms with Gasteiger partial charge in [0.1, 0.15) is 5.82 Å². The van der Waals surface area contributed by atoms with Crippen LogP contribution >= 0.6 is 11.5 Å². The van der Waals surface area contributed by atoms with Gasteiger partial charge in [-0.05, 0) is 53.7 Å². The van der Waals surface area contributed by atoms with Gasteiger partial charge in [0.05, 0.1) is 10.8 Å². The number of anilines is 2. The monoisotopic (exact) mass is 465 g/mol. The fourth-order valence-electron chi connectivity index (χ4n) is 4.82. The van der Waals surface area contributed by atoms with Gasteiger partial charge in [0.2, 0.25) is 0 Å². The van der Waals surface area contributed by atoms with E-state index in [4.69, 9.17) is 4.37 Å². The van der Waals surface area contributed by atoms with Crippen LogP contribution in [0.1, 0.15) is 23.7 Å². The van der Waals surface area contributed by atoms with Crippen molar-refractivity contribution in [2.45, 2.75) is 18.9 Å². The molecule has 7 nitrogen and oxygen atoms in total. The van der Waals surface area contributed by atoms with E-state index in [9.17, 15) is 9.90 Å². The van der Waals surface area contributed by atoms with Crippen LogP contribution in [0.3, 0.4) is 0 Å². The van der Waals surface area contributed by atoms with Gasteiger partial charge < -0.3 is 14.9 Å². The summed E-state index contributed by atoms with van der Waals surface area (Å²) in [5.41, 5.74) is 3.06. The average Bonchev–Trinajstić information content (AvgIpc) is 3.46. The van der Waals surface area contributed by atoms with Crippen LogP contribution in [0.5, 0.6) is 0 Å². The molecule has 1 fully saturated rings. The predicted octanol–water partition coefficient (Wildman–Crippen LogP) is 3.59. The number of urea groups is 1. The van der Waals surface area contributed by atoms with E-state index < -0.39 is 6.10 Å². The first kappa shape index (κ1) is 22.1. The fourth-order valence-corrected chi connectivity index (χ4v) is 5.62. The Kier molecular flexibility index (Phi) is 6.23. The van der Waals surface area contributed by atoms with Gasteiger partial charge in [0, 0.05) is 64.4 Å². The van der Waals surface area contributed by atoms with Crippen LogP contribution in [0.15, 0.2) is 42.5 Å². The predicted molar refractivity (Wildman–Crippen MR) is 134 cm³/mol. The zero-order valence-corrected chi connectivity index (χ0v) is 20.1. The number of aliphatic hydroxyl groups excluding tert-OH is 1. The number of aromatic nitrogens is 1. The lowest BCUT2D eigenvalue weighted by Crippen LogP contribution is -2.47. The molecule has 1 aromatic heterocycles. The molecule has 8 heteroatoms. The van der Waals surface area contributed by atoms with Crippen molar-refractivity contribution in [3.8, 4) is 0 Å². The summed E-state index contributed by atoms with van der Waals surface area (Å²) >= 11 is 1.57. The lowest BCUT2D eigenvalue weighted by Gasteiger charge is -2.35. The number of piperazine rings is 1. The van der Waals surface area contributed by atoms with Crippen LogP contribution in [0, 0.1) is 0 Å².